The Kier molecular flexibility index (Phi) is 5.14. The van der Waals surface area contributed by atoms with E-state index in [1.165, 1.54) is 29.2 Å². The van der Waals surface area contributed by atoms with Gasteiger partial charge in [0.15, 0.2) is 5.17 Å². The molecule has 1 heterocycles. The van der Waals surface area contributed by atoms with E-state index in [0.717, 1.165) is 11.8 Å². The summed E-state index contributed by atoms with van der Waals surface area (Å²) < 4.78 is 22.7. The summed E-state index contributed by atoms with van der Waals surface area (Å²) in [4.78, 5) is 14.1. The molecule has 1 aliphatic rings. The molecule has 1 saturated heterocycles. The second-order valence-electron chi connectivity index (χ2n) is 5.24. The molecule has 1 amide bonds. The summed E-state index contributed by atoms with van der Waals surface area (Å²) in [5, 5.41) is 13.8. The van der Waals surface area contributed by atoms with Gasteiger partial charge in [0, 0.05) is 0 Å². The summed E-state index contributed by atoms with van der Waals surface area (Å²) in [5.74, 6) is -0.417. The van der Waals surface area contributed by atoms with Crippen LogP contribution in [0.25, 0.3) is 6.08 Å². The first kappa shape index (κ1) is 18.9. The fourth-order valence-corrected chi connectivity index (χ4v) is 4.01. The topological polar surface area (TPSA) is 104 Å². The number of rotatable bonds is 3. The number of primary sulfonamides is 1. The first-order valence-electron chi connectivity index (χ1n) is 7.08. The summed E-state index contributed by atoms with van der Waals surface area (Å²) in [6, 6.07) is 10.5. The summed E-state index contributed by atoms with van der Waals surface area (Å²) in [7, 11) is -3.83. The number of hydrogen-bond donors (Lipinski definition) is 2. The van der Waals surface area contributed by atoms with Crippen molar-refractivity contribution in [3.63, 3.8) is 0 Å². The zero-order valence-electron chi connectivity index (χ0n) is 12.9. The van der Waals surface area contributed by atoms with Crippen LogP contribution in [-0.4, -0.2) is 19.5 Å². The Balaban J connectivity index is 1.94. The molecule has 1 fully saturated rings. The Morgan fingerprint density at radius 2 is 1.77 bits per heavy atom. The lowest BCUT2D eigenvalue weighted by Gasteiger charge is -2.14. The molecule has 26 heavy (non-hydrogen) atoms. The zero-order valence-corrected chi connectivity index (χ0v) is 16.1. The van der Waals surface area contributed by atoms with Gasteiger partial charge in [0.25, 0.3) is 5.91 Å². The predicted octanol–water partition coefficient (Wildman–Crippen LogP) is 3.70. The lowest BCUT2D eigenvalue weighted by molar-refractivity contribution is -0.113. The Morgan fingerprint density at radius 3 is 2.38 bits per heavy atom. The quantitative estimate of drug-likeness (QED) is 0.728. The van der Waals surface area contributed by atoms with Gasteiger partial charge in [-0.15, -0.1) is 0 Å². The molecule has 0 spiro atoms. The van der Waals surface area contributed by atoms with Crippen LogP contribution in [0.1, 0.15) is 5.56 Å². The summed E-state index contributed by atoms with van der Waals surface area (Å²) in [5.41, 5.74) is 0.926. The van der Waals surface area contributed by atoms with Crippen LogP contribution >= 0.6 is 35.0 Å². The number of nitrogens with two attached hydrogens (primary N) is 1. The minimum absolute atomic E-state index is 0.0113. The molecule has 10 heteroatoms. The highest BCUT2D eigenvalue weighted by molar-refractivity contribution is 8.19. The van der Waals surface area contributed by atoms with E-state index >= 15 is 0 Å². The lowest BCUT2D eigenvalue weighted by Crippen LogP contribution is -2.28. The van der Waals surface area contributed by atoms with Crippen LogP contribution in [0.2, 0.25) is 10.0 Å². The molecule has 0 atom stereocenters. The normalized spacial score (nSPS) is 16.6. The number of nitrogens with zero attached hydrogens (tertiary/aromatic N) is 1. The van der Waals surface area contributed by atoms with Crippen molar-refractivity contribution >= 4 is 67.8 Å². The lowest BCUT2D eigenvalue weighted by atomic mass is 10.2. The van der Waals surface area contributed by atoms with E-state index in [9.17, 15) is 13.2 Å². The second-order valence-corrected chi connectivity index (χ2v) is 8.62. The van der Waals surface area contributed by atoms with Gasteiger partial charge >= 0.3 is 0 Å². The van der Waals surface area contributed by atoms with Gasteiger partial charge in [-0.2, -0.15) is 0 Å². The monoisotopic (exact) mass is 427 g/mol. The molecule has 2 aromatic carbocycles. The standard InChI is InChI=1S/C16H11Cl2N3O3S2/c17-12-3-1-2-9(14(12)18)8-13-15(22)21(16(19)25-13)10-4-6-11(7-5-10)26(20,23)24/h1-8,19H,(H2,20,23,24)/b13-8-,19-16?. The highest BCUT2D eigenvalue weighted by Crippen LogP contribution is 2.37. The van der Waals surface area contributed by atoms with E-state index in [-0.39, 0.29) is 10.1 Å². The van der Waals surface area contributed by atoms with Crippen LogP contribution in [0.5, 0.6) is 0 Å². The van der Waals surface area contributed by atoms with Gasteiger partial charge in [-0.1, -0.05) is 35.3 Å². The summed E-state index contributed by atoms with van der Waals surface area (Å²) in [6.07, 6.45) is 1.56. The van der Waals surface area contributed by atoms with Gasteiger partial charge in [-0.25, -0.2) is 13.6 Å². The fourth-order valence-electron chi connectivity index (χ4n) is 2.28. The maximum atomic E-state index is 12.7. The Hall–Kier alpha value is -1.84. The molecule has 2 aromatic rings. The number of carbonyl (C=O) groups excluding carboxylic acids is 1. The minimum atomic E-state index is -3.83. The van der Waals surface area contributed by atoms with Gasteiger partial charge < -0.3 is 0 Å². The van der Waals surface area contributed by atoms with E-state index in [4.69, 9.17) is 33.8 Å². The van der Waals surface area contributed by atoms with Crippen LogP contribution in [-0.2, 0) is 14.8 Å². The largest absolute Gasteiger partial charge is 0.278 e. The zero-order chi connectivity index (χ0) is 19.1. The Labute approximate surface area is 164 Å². The van der Waals surface area contributed by atoms with E-state index in [0.29, 0.717) is 26.2 Å². The number of carbonyl (C=O) groups is 1. The smallest absolute Gasteiger partial charge is 0.271 e. The van der Waals surface area contributed by atoms with E-state index < -0.39 is 15.9 Å². The molecule has 6 nitrogen and oxygen atoms in total. The van der Waals surface area contributed by atoms with Gasteiger partial charge in [0.05, 0.1) is 25.5 Å². The number of halogens is 2. The molecule has 134 valence electrons. The Bertz CT molecular complexity index is 1050. The van der Waals surface area contributed by atoms with E-state index in [1.807, 2.05) is 0 Å². The van der Waals surface area contributed by atoms with Crippen molar-refractivity contribution < 1.29 is 13.2 Å². The van der Waals surface area contributed by atoms with Crippen molar-refractivity contribution in [2.24, 2.45) is 5.14 Å². The minimum Gasteiger partial charge on any atom is -0.278 e. The van der Waals surface area contributed by atoms with Crippen molar-refractivity contribution in [2.75, 3.05) is 4.90 Å². The van der Waals surface area contributed by atoms with Crippen molar-refractivity contribution in [1.82, 2.24) is 0 Å². The molecule has 3 rings (SSSR count). The number of hydrogen-bond acceptors (Lipinski definition) is 5. The number of amides is 1. The molecule has 0 aliphatic carbocycles. The van der Waals surface area contributed by atoms with E-state index in [1.54, 1.807) is 24.3 Å². The van der Waals surface area contributed by atoms with Gasteiger partial charge in [0.2, 0.25) is 10.0 Å². The van der Waals surface area contributed by atoms with Crippen LogP contribution < -0.4 is 10.0 Å². The summed E-state index contributed by atoms with van der Waals surface area (Å²) >= 11 is 13.1. The summed E-state index contributed by atoms with van der Waals surface area (Å²) in [6.45, 7) is 0. The number of nitrogens with one attached hydrogen (secondary N) is 1. The highest BCUT2D eigenvalue weighted by atomic mass is 35.5. The first-order valence-corrected chi connectivity index (χ1v) is 10.2. The number of thioether (sulfide) groups is 1. The number of amidine groups is 1. The van der Waals surface area contributed by atoms with Crippen molar-refractivity contribution in [2.45, 2.75) is 4.90 Å². The van der Waals surface area contributed by atoms with Gasteiger partial charge in [-0.05, 0) is 53.7 Å². The molecule has 0 bridgehead atoms. The molecule has 1 aliphatic heterocycles. The maximum Gasteiger partial charge on any atom is 0.271 e. The van der Waals surface area contributed by atoms with Gasteiger partial charge in [0.1, 0.15) is 0 Å². The SMILES string of the molecule is N=C1S/C(=C\c2cccc(Cl)c2Cl)C(=O)N1c1ccc(S(N)(=O)=O)cc1. The second kappa shape index (κ2) is 7.05. The van der Waals surface area contributed by atoms with Crippen LogP contribution in [0, 0.1) is 5.41 Å². The molecular formula is C16H11Cl2N3O3S2. The molecule has 0 aromatic heterocycles. The predicted molar refractivity (Wildman–Crippen MR) is 105 cm³/mol. The molecule has 0 saturated carbocycles. The third kappa shape index (κ3) is 3.65. The molecule has 0 unspecified atom stereocenters. The van der Waals surface area contributed by atoms with Gasteiger partial charge in [-0.3, -0.25) is 15.1 Å². The van der Waals surface area contributed by atoms with Crippen LogP contribution in [0.15, 0.2) is 52.3 Å². The molecule has 3 N–H and O–H groups in total. The molecular weight excluding hydrogens is 417 g/mol. The van der Waals surface area contributed by atoms with E-state index in [2.05, 4.69) is 0 Å². The third-order valence-electron chi connectivity index (χ3n) is 3.52. The fraction of sp³-hybridized carbons (Fsp3) is 0. The van der Waals surface area contributed by atoms with Crippen molar-refractivity contribution in [3.8, 4) is 0 Å². The van der Waals surface area contributed by atoms with Crippen molar-refractivity contribution in [1.29, 1.82) is 5.41 Å². The number of anilines is 1. The average molecular weight is 428 g/mol. The average Bonchev–Trinajstić information content (AvgIpc) is 2.85. The number of sulfonamides is 1. The third-order valence-corrected chi connectivity index (χ3v) is 6.17. The maximum absolute atomic E-state index is 12.7. The van der Waals surface area contributed by atoms with Crippen molar-refractivity contribution in [3.05, 3.63) is 63.0 Å². The highest BCUT2D eigenvalue weighted by Gasteiger charge is 2.33. The van der Waals surface area contributed by atoms with Crippen LogP contribution in [0.3, 0.4) is 0 Å². The molecule has 0 radical (unpaired) electrons. The Morgan fingerprint density at radius 1 is 1.12 bits per heavy atom. The first-order chi connectivity index (χ1) is 12.2. The van der Waals surface area contributed by atoms with Crippen LogP contribution in [0.4, 0.5) is 5.69 Å². The number of benzene rings is 2.